The first-order valence-electron chi connectivity index (χ1n) is 8.40. The first kappa shape index (κ1) is 17.4. The standard InChI is InChI=1S/C19H20N2O3S/c1-2-3-12-24-15-4-7-17-14(13-15)10-11-20-18(17)8-5-16-6-9-19(25-16)21(22)23/h4-9,13H,2-3,10-12H2,1H3/b8-5+. The maximum Gasteiger partial charge on any atom is 0.324 e. The summed E-state index contributed by atoms with van der Waals surface area (Å²) in [6, 6.07) is 9.42. The smallest absolute Gasteiger partial charge is 0.324 e. The molecule has 130 valence electrons. The van der Waals surface area contributed by atoms with Crippen LogP contribution in [0.2, 0.25) is 0 Å². The normalized spacial score (nSPS) is 13.6. The van der Waals surface area contributed by atoms with Crippen LogP contribution in [0.25, 0.3) is 6.08 Å². The Balaban J connectivity index is 1.74. The lowest BCUT2D eigenvalue weighted by molar-refractivity contribution is -0.380. The van der Waals surface area contributed by atoms with Gasteiger partial charge in [0.2, 0.25) is 0 Å². The van der Waals surface area contributed by atoms with Gasteiger partial charge >= 0.3 is 5.00 Å². The summed E-state index contributed by atoms with van der Waals surface area (Å²) < 4.78 is 5.78. The van der Waals surface area contributed by atoms with Crippen molar-refractivity contribution >= 4 is 28.1 Å². The van der Waals surface area contributed by atoms with E-state index < -0.39 is 0 Å². The zero-order valence-electron chi connectivity index (χ0n) is 14.1. The highest BCUT2D eigenvalue weighted by molar-refractivity contribution is 7.16. The molecule has 0 atom stereocenters. The molecule has 0 fully saturated rings. The highest BCUT2D eigenvalue weighted by Gasteiger charge is 2.14. The van der Waals surface area contributed by atoms with Crippen LogP contribution in [0.3, 0.4) is 0 Å². The second kappa shape index (κ2) is 8.07. The molecule has 0 radical (unpaired) electrons. The van der Waals surface area contributed by atoms with Crippen LogP contribution in [0.15, 0.2) is 41.4 Å². The maximum atomic E-state index is 10.8. The molecule has 0 bridgehead atoms. The zero-order valence-corrected chi connectivity index (χ0v) is 14.9. The molecule has 0 aliphatic carbocycles. The van der Waals surface area contributed by atoms with Crippen molar-refractivity contribution in [2.75, 3.05) is 13.2 Å². The van der Waals surface area contributed by atoms with Gasteiger partial charge < -0.3 is 4.74 Å². The van der Waals surface area contributed by atoms with Crippen molar-refractivity contribution in [3.05, 3.63) is 62.5 Å². The van der Waals surface area contributed by atoms with Gasteiger partial charge in [0.05, 0.1) is 17.2 Å². The van der Waals surface area contributed by atoms with Gasteiger partial charge in [-0.25, -0.2) is 0 Å². The van der Waals surface area contributed by atoms with Crippen LogP contribution in [-0.2, 0) is 6.42 Å². The van der Waals surface area contributed by atoms with E-state index in [4.69, 9.17) is 4.74 Å². The molecule has 0 N–H and O–H groups in total. The number of rotatable bonds is 7. The van der Waals surface area contributed by atoms with Crippen molar-refractivity contribution in [1.82, 2.24) is 0 Å². The van der Waals surface area contributed by atoms with Crippen LogP contribution >= 0.6 is 11.3 Å². The summed E-state index contributed by atoms with van der Waals surface area (Å²) in [6.45, 7) is 3.64. The van der Waals surface area contributed by atoms with Crippen molar-refractivity contribution in [1.29, 1.82) is 0 Å². The Hall–Kier alpha value is -2.47. The minimum absolute atomic E-state index is 0.152. The number of hydrogen-bond acceptors (Lipinski definition) is 5. The summed E-state index contributed by atoms with van der Waals surface area (Å²) in [6.07, 6.45) is 6.90. The fourth-order valence-corrected chi connectivity index (χ4v) is 3.39. The molecule has 2 aromatic rings. The molecule has 1 aromatic heterocycles. The molecule has 1 aromatic carbocycles. The quantitative estimate of drug-likeness (QED) is 0.403. The van der Waals surface area contributed by atoms with E-state index in [-0.39, 0.29) is 9.92 Å². The first-order valence-corrected chi connectivity index (χ1v) is 9.22. The number of unbranched alkanes of at least 4 members (excludes halogenated alkanes) is 1. The molecule has 0 amide bonds. The van der Waals surface area contributed by atoms with Crippen LogP contribution in [0, 0.1) is 10.1 Å². The molecule has 0 saturated heterocycles. The van der Waals surface area contributed by atoms with E-state index >= 15 is 0 Å². The Morgan fingerprint density at radius 2 is 2.20 bits per heavy atom. The minimum Gasteiger partial charge on any atom is -0.494 e. The third-order valence-corrected chi connectivity index (χ3v) is 4.98. The van der Waals surface area contributed by atoms with E-state index in [0.29, 0.717) is 0 Å². The van der Waals surface area contributed by atoms with E-state index in [2.05, 4.69) is 24.0 Å². The maximum absolute atomic E-state index is 10.8. The van der Waals surface area contributed by atoms with Crippen LogP contribution in [0.1, 0.15) is 35.8 Å². The second-order valence-corrected chi connectivity index (χ2v) is 6.90. The zero-order chi connectivity index (χ0) is 17.6. The number of fused-ring (bicyclic) bond motifs is 1. The molecular formula is C19H20N2O3S. The number of allylic oxidation sites excluding steroid dienone is 1. The summed E-state index contributed by atoms with van der Waals surface area (Å²) in [4.78, 5) is 15.8. The predicted molar refractivity (Wildman–Crippen MR) is 102 cm³/mol. The highest BCUT2D eigenvalue weighted by Crippen LogP contribution is 2.26. The van der Waals surface area contributed by atoms with Gasteiger partial charge in [-0.2, -0.15) is 0 Å². The lowest BCUT2D eigenvalue weighted by Gasteiger charge is -2.16. The molecule has 0 unspecified atom stereocenters. The summed E-state index contributed by atoms with van der Waals surface area (Å²) >= 11 is 1.16. The number of nitro groups is 1. The Morgan fingerprint density at radius 3 is 2.96 bits per heavy atom. The Labute approximate surface area is 150 Å². The van der Waals surface area contributed by atoms with Crippen LogP contribution in [0.5, 0.6) is 5.75 Å². The molecule has 0 spiro atoms. The van der Waals surface area contributed by atoms with Gasteiger partial charge in [0.15, 0.2) is 0 Å². The molecule has 5 nitrogen and oxygen atoms in total. The van der Waals surface area contributed by atoms with E-state index in [9.17, 15) is 10.1 Å². The molecule has 1 aliphatic rings. The monoisotopic (exact) mass is 356 g/mol. The number of hydrogen-bond donors (Lipinski definition) is 0. The first-order chi connectivity index (χ1) is 12.2. The Morgan fingerprint density at radius 1 is 1.32 bits per heavy atom. The number of ether oxygens (including phenoxy) is 1. The Kier molecular flexibility index (Phi) is 5.60. The van der Waals surface area contributed by atoms with Gasteiger partial charge in [0.25, 0.3) is 0 Å². The summed E-state index contributed by atoms with van der Waals surface area (Å²) in [7, 11) is 0. The molecule has 6 heteroatoms. The van der Waals surface area contributed by atoms with Gasteiger partial charge in [-0.1, -0.05) is 24.7 Å². The molecule has 1 aliphatic heterocycles. The SMILES string of the molecule is CCCCOc1ccc2c(c1)CCN=C2/C=C/c1ccc([N+](=O)[O-])s1. The van der Waals surface area contributed by atoms with Crippen molar-refractivity contribution < 1.29 is 9.66 Å². The second-order valence-electron chi connectivity index (χ2n) is 5.80. The van der Waals surface area contributed by atoms with E-state index in [1.54, 1.807) is 6.07 Å². The van der Waals surface area contributed by atoms with Gasteiger partial charge in [0, 0.05) is 23.1 Å². The van der Waals surface area contributed by atoms with Crippen LogP contribution < -0.4 is 4.74 Å². The van der Waals surface area contributed by atoms with E-state index in [1.165, 1.54) is 11.6 Å². The van der Waals surface area contributed by atoms with Crippen LogP contribution in [0.4, 0.5) is 5.00 Å². The number of thiophene rings is 1. The van der Waals surface area contributed by atoms with Crippen molar-refractivity contribution in [2.45, 2.75) is 26.2 Å². The molecule has 2 heterocycles. The fourth-order valence-electron chi connectivity index (χ4n) is 2.67. The largest absolute Gasteiger partial charge is 0.494 e. The van der Waals surface area contributed by atoms with Gasteiger partial charge in [0.1, 0.15) is 5.75 Å². The molecule has 3 rings (SSSR count). The number of nitrogens with zero attached hydrogens (tertiary/aromatic N) is 2. The third-order valence-electron chi connectivity index (χ3n) is 3.98. The molecule has 25 heavy (non-hydrogen) atoms. The summed E-state index contributed by atoms with van der Waals surface area (Å²) in [5.74, 6) is 0.909. The topological polar surface area (TPSA) is 64.7 Å². The van der Waals surface area contributed by atoms with Crippen molar-refractivity contribution in [3.63, 3.8) is 0 Å². The lowest BCUT2D eigenvalue weighted by Crippen LogP contribution is -2.11. The highest BCUT2D eigenvalue weighted by atomic mass is 32.1. The minimum atomic E-state index is -0.366. The van der Waals surface area contributed by atoms with Gasteiger partial charge in [-0.15, -0.1) is 0 Å². The van der Waals surface area contributed by atoms with E-state index in [1.807, 2.05) is 18.2 Å². The van der Waals surface area contributed by atoms with E-state index in [0.717, 1.165) is 65.7 Å². The lowest BCUT2D eigenvalue weighted by atomic mass is 9.97. The average Bonchev–Trinajstić information content (AvgIpc) is 3.09. The fraction of sp³-hybridized carbons (Fsp3) is 0.316. The average molecular weight is 356 g/mol. The van der Waals surface area contributed by atoms with Gasteiger partial charge in [-0.3, -0.25) is 15.1 Å². The van der Waals surface area contributed by atoms with Crippen molar-refractivity contribution in [2.24, 2.45) is 4.99 Å². The van der Waals surface area contributed by atoms with Gasteiger partial charge in [-0.05, 0) is 54.8 Å². The third kappa shape index (κ3) is 4.33. The number of aliphatic imine (C=N–C) groups is 1. The van der Waals surface area contributed by atoms with Crippen LogP contribution in [-0.4, -0.2) is 23.8 Å². The molecule has 0 saturated carbocycles. The predicted octanol–water partition coefficient (Wildman–Crippen LogP) is 4.89. The summed E-state index contributed by atoms with van der Waals surface area (Å²) in [5.41, 5.74) is 3.26. The molecular weight excluding hydrogens is 336 g/mol. The number of benzene rings is 1. The van der Waals surface area contributed by atoms with Crippen molar-refractivity contribution in [3.8, 4) is 5.75 Å². The summed E-state index contributed by atoms with van der Waals surface area (Å²) in [5, 5.41) is 10.9. The Bertz CT molecular complexity index is 824.